The Morgan fingerprint density at radius 2 is 2.17 bits per heavy atom. The quantitative estimate of drug-likeness (QED) is 0.527. The van der Waals surface area contributed by atoms with Crippen LogP contribution in [0.3, 0.4) is 0 Å². The first-order chi connectivity index (χ1) is 16.8. The molecule has 3 aromatic rings. The molecule has 1 aliphatic heterocycles. The summed E-state index contributed by atoms with van der Waals surface area (Å²) in [6.45, 7) is 3.70. The minimum Gasteiger partial charge on any atom is -0.337 e. The lowest BCUT2D eigenvalue weighted by Gasteiger charge is -2.26. The molecule has 0 unspecified atom stereocenters. The number of hydrogen-bond acceptors (Lipinski definition) is 5. The van der Waals surface area contributed by atoms with Gasteiger partial charge in [-0.15, -0.1) is 0 Å². The number of anilines is 1. The third kappa shape index (κ3) is 5.81. The maximum absolute atomic E-state index is 13.1. The zero-order valence-corrected chi connectivity index (χ0v) is 21.0. The van der Waals surface area contributed by atoms with E-state index in [1.807, 2.05) is 41.5 Å². The Balaban J connectivity index is 1.68. The summed E-state index contributed by atoms with van der Waals surface area (Å²) in [6.07, 6.45) is 7.78. The van der Waals surface area contributed by atoms with Crippen LogP contribution in [0.5, 0.6) is 0 Å². The Bertz CT molecular complexity index is 1250. The number of pyridine rings is 1. The summed E-state index contributed by atoms with van der Waals surface area (Å²) in [5.41, 5.74) is 2.53. The lowest BCUT2D eigenvalue weighted by molar-refractivity contribution is -0.126. The van der Waals surface area contributed by atoms with Crippen molar-refractivity contribution >= 4 is 40.4 Å². The summed E-state index contributed by atoms with van der Waals surface area (Å²) in [4.78, 5) is 38.7. The van der Waals surface area contributed by atoms with Crippen molar-refractivity contribution in [2.24, 2.45) is 0 Å². The van der Waals surface area contributed by atoms with Crippen LogP contribution in [-0.4, -0.2) is 69.9 Å². The molecule has 1 saturated heterocycles. The van der Waals surface area contributed by atoms with Gasteiger partial charge in [0.05, 0.1) is 11.6 Å². The summed E-state index contributed by atoms with van der Waals surface area (Å²) >= 11 is 6.54. The van der Waals surface area contributed by atoms with Gasteiger partial charge >= 0.3 is 0 Å². The van der Waals surface area contributed by atoms with Crippen molar-refractivity contribution in [1.82, 2.24) is 24.3 Å². The normalized spacial score (nSPS) is 16.5. The molecule has 4 rings (SSSR count). The van der Waals surface area contributed by atoms with Crippen LogP contribution in [0.25, 0.3) is 11.0 Å². The van der Waals surface area contributed by atoms with Crippen LogP contribution in [0.1, 0.15) is 41.4 Å². The highest BCUT2D eigenvalue weighted by Gasteiger charge is 2.27. The Hall–Kier alpha value is -3.41. The fourth-order valence-corrected chi connectivity index (χ4v) is 4.54. The van der Waals surface area contributed by atoms with Crippen molar-refractivity contribution < 1.29 is 9.59 Å². The third-order valence-corrected chi connectivity index (χ3v) is 6.25. The van der Waals surface area contributed by atoms with E-state index in [1.54, 1.807) is 30.5 Å². The van der Waals surface area contributed by atoms with E-state index in [4.69, 9.17) is 11.6 Å². The van der Waals surface area contributed by atoms with Gasteiger partial charge in [0.2, 0.25) is 11.9 Å². The zero-order chi connectivity index (χ0) is 24.9. The van der Waals surface area contributed by atoms with Crippen LogP contribution in [0.15, 0.2) is 36.5 Å². The van der Waals surface area contributed by atoms with Gasteiger partial charge in [-0.3, -0.25) is 19.9 Å². The van der Waals surface area contributed by atoms with E-state index in [0.29, 0.717) is 47.2 Å². The first kappa shape index (κ1) is 24.7. The number of imidazole rings is 1. The average Bonchev–Trinajstić information content (AvgIpc) is 3.01. The number of nitrogens with one attached hydrogen (secondary N) is 1. The number of likely N-dealkylation sites (N-methyl/N-ethyl adjacent to an activating group) is 1. The highest BCUT2D eigenvalue weighted by atomic mass is 35.5. The second-order valence-corrected chi connectivity index (χ2v) is 9.38. The molecule has 0 aliphatic carbocycles. The monoisotopic (exact) mass is 492 g/mol. The van der Waals surface area contributed by atoms with Gasteiger partial charge in [-0.05, 0) is 58.5 Å². The van der Waals surface area contributed by atoms with E-state index in [-0.39, 0.29) is 17.9 Å². The van der Waals surface area contributed by atoms with Gasteiger partial charge in [0.1, 0.15) is 10.5 Å². The molecule has 35 heavy (non-hydrogen) atoms. The summed E-state index contributed by atoms with van der Waals surface area (Å²) in [6, 6.07) is 10.8. The van der Waals surface area contributed by atoms with Gasteiger partial charge < -0.3 is 14.4 Å². The second kappa shape index (κ2) is 10.9. The lowest BCUT2D eigenvalue weighted by Crippen LogP contribution is -2.34. The summed E-state index contributed by atoms with van der Waals surface area (Å²) in [5.74, 6) is 0.0770. The predicted octanol–water partition coefficient (Wildman–Crippen LogP) is 3.92. The summed E-state index contributed by atoms with van der Waals surface area (Å²) in [7, 11) is 3.92. The number of amides is 2. The molecule has 0 bridgehead atoms. The standard InChI is InChI=1S/C26H29ClN6O2/c1-18-16-19(12-13-28-18)25(35)30-26-29-22-10-6-9-21(27)24(22)33(26)20-8-4-5-15-32(17-20)23(34)11-7-14-31(2)3/h7,10-13,16,20H,4-5,8,14-15,17H2,1-3H3,(H,29,30,35)/b11-7+/t20-/m1/s1. The molecule has 2 amide bonds. The lowest BCUT2D eigenvalue weighted by atomic mass is 10.1. The molecule has 1 fully saturated rings. The Morgan fingerprint density at radius 3 is 2.94 bits per heavy atom. The van der Waals surface area contributed by atoms with Gasteiger partial charge in [0.25, 0.3) is 5.91 Å². The van der Waals surface area contributed by atoms with Crippen LogP contribution in [0.4, 0.5) is 5.95 Å². The van der Waals surface area contributed by atoms with Crippen LogP contribution >= 0.6 is 11.6 Å². The topological polar surface area (TPSA) is 83.4 Å². The molecule has 182 valence electrons. The fraction of sp³-hybridized carbons (Fsp3) is 0.385. The Kier molecular flexibility index (Phi) is 7.69. The largest absolute Gasteiger partial charge is 0.337 e. The van der Waals surface area contributed by atoms with E-state index >= 15 is 0 Å². The van der Waals surface area contributed by atoms with E-state index in [2.05, 4.69) is 27.4 Å². The predicted molar refractivity (Wildman–Crippen MR) is 137 cm³/mol. The zero-order valence-electron chi connectivity index (χ0n) is 20.2. The maximum atomic E-state index is 13.1. The van der Waals surface area contributed by atoms with Gasteiger partial charge in [-0.1, -0.05) is 23.7 Å². The molecule has 0 radical (unpaired) electrons. The van der Waals surface area contributed by atoms with E-state index < -0.39 is 0 Å². The molecule has 8 nitrogen and oxygen atoms in total. The first-order valence-corrected chi connectivity index (χ1v) is 12.0. The maximum Gasteiger partial charge on any atom is 0.258 e. The number of aryl methyl sites for hydroxylation is 1. The van der Waals surface area contributed by atoms with E-state index in [1.165, 1.54) is 0 Å². The smallest absolute Gasteiger partial charge is 0.258 e. The number of likely N-dealkylation sites (tertiary alicyclic amines) is 1. The molecule has 1 atom stereocenters. The number of halogens is 1. The number of fused-ring (bicyclic) bond motifs is 1. The molecule has 1 aromatic carbocycles. The van der Waals surface area contributed by atoms with Crippen molar-refractivity contribution in [3.05, 3.63) is 65.0 Å². The highest BCUT2D eigenvalue weighted by molar-refractivity contribution is 6.34. The average molecular weight is 493 g/mol. The fourth-order valence-electron chi connectivity index (χ4n) is 4.30. The first-order valence-electron chi connectivity index (χ1n) is 11.7. The minimum absolute atomic E-state index is 0.0213. The van der Waals surface area contributed by atoms with Crippen LogP contribution in [0, 0.1) is 19.1 Å². The van der Waals surface area contributed by atoms with Gasteiger partial charge in [0.15, 0.2) is 0 Å². The van der Waals surface area contributed by atoms with Crippen molar-refractivity contribution in [2.75, 3.05) is 39.0 Å². The van der Waals surface area contributed by atoms with Crippen molar-refractivity contribution in [3.8, 4) is 0 Å². The van der Waals surface area contributed by atoms with Gasteiger partial charge in [-0.2, -0.15) is 0 Å². The highest BCUT2D eigenvalue weighted by Crippen LogP contribution is 2.33. The third-order valence-electron chi connectivity index (χ3n) is 5.98. The number of aromatic nitrogens is 3. The van der Waals surface area contributed by atoms with Crippen LogP contribution in [-0.2, 0) is 4.79 Å². The molecule has 0 spiro atoms. The number of nitrogens with zero attached hydrogens (tertiary/aromatic N) is 5. The molecule has 1 N–H and O–H groups in total. The SMILES string of the molecule is Cc1cc(C(=O)Nc2nc3cc#cc(Cl)c3n2[C@@H]2CCCCN(C(=O)/C=C/CN(C)C)C2)ccn1. The summed E-state index contributed by atoms with van der Waals surface area (Å²) < 4.78 is 1.95. The molecular weight excluding hydrogens is 464 g/mol. The molecule has 0 saturated carbocycles. The van der Waals surface area contributed by atoms with Crippen molar-refractivity contribution in [2.45, 2.75) is 32.2 Å². The number of rotatable bonds is 6. The molecule has 9 heteroatoms. The molecular formula is C26H29ClN6O2. The van der Waals surface area contributed by atoms with Gasteiger partial charge in [0, 0.05) is 49.2 Å². The second-order valence-electron chi connectivity index (χ2n) is 9.01. The molecule has 3 heterocycles. The van der Waals surface area contributed by atoms with E-state index in [9.17, 15) is 9.59 Å². The summed E-state index contributed by atoms with van der Waals surface area (Å²) in [5, 5.41) is 3.33. The van der Waals surface area contributed by atoms with Crippen LogP contribution in [0.2, 0.25) is 5.02 Å². The molecule has 1 aliphatic rings. The Morgan fingerprint density at radius 1 is 1.34 bits per heavy atom. The number of hydrogen-bond donors (Lipinski definition) is 1. The molecule has 2 aromatic heterocycles. The van der Waals surface area contributed by atoms with Crippen molar-refractivity contribution in [1.29, 1.82) is 0 Å². The Labute approximate surface area is 210 Å². The minimum atomic E-state index is -0.288. The van der Waals surface area contributed by atoms with Crippen molar-refractivity contribution in [3.63, 3.8) is 0 Å². The number of carbonyl (C=O) groups excluding carboxylic acids is 2. The van der Waals surface area contributed by atoms with E-state index in [0.717, 1.165) is 25.0 Å². The van der Waals surface area contributed by atoms with Gasteiger partial charge in [-0.25, -0.2) is 4.98 Å². The van der Waals surface area contributed by atoms with Crippen LogP contribution < -0.4 is 5.32 Å². The number of carbonyl (C=O) groups is 2.